The maximum absolute atomic E-state index is 13.1. The van der Waals surface area contributed by atoms with E-state index in [4.69, 9.17) is 4.74 Å². The summed E-state index contributed by atoms with van der Waals surface area (Å²) in [6.45, 7) is 1.92. The Morgan fingerprint density at radius 2 is 1.96 bits per heavy atom. The summed E-state index contributed by atoms with van der Waals surface area (Å²) in [7, 11) is -3.79. The average molecular weight is 411 g/mol. The average Bonchev–Trinajstić information content (AvgIpc) is 2.55. The summed E-state index contributed by atoms with van der Waals surface area (Å²) in [6.07, 6.45) is 0. The number of nitrogens with one attached hydrogen (secondary N) is 1. The lowest BCUT2D eigenvalue weighted by atomic mass is 10.2. The van der Waals surface area contributed by atoms with Crippen molar-refractivity contribution >= 4 is 43.2 Å². The number of carbonyl (C=O) groups excluding carboxylic acids is 1. The SMILES string of the molecule is CCN(c1ccccc1)S(=O)(=O)c1cc2c(cc1Br)NC(=O)CO2. The van der Waals surface area contributed by atoms with Gasteiger partial charge < -0.3 is 10.1 Å². The second kappa shape index (κ2) is 6.45. The first-order chi connectivity index (χ1) is 11.4. The van der Waals surface area contributed by atoms with E-state index in [2.05, 4.69) is 21.2 Å². The lowest BCUT2D eigenvalue weighted by molar-refractivity contribution is -0.118. The van der Waals surface area contributed by atoms with Gasteiger partial charge in [-0.3, -0.25) is 9.10 Å². The smallest absolute Gasteiger partial charge is 0.265 e. The molecule has 1 aliphatic heterocycles. The highest BCUT2D eigenvalue weighted by Gasteiger charge is 2.29. The summed E-state index contributed by atoms with van der Waals surface area (Å²) in [6, 6.07) is 11.9. The largest absolute Gasteiger partial charge is 0.482 e. The molecule has 0 saturated carbocycles. The van der Waals surface area contributed by atoms with Crippen molar-refractivity contribution in [1.82, 2.24) is 0 Å². The Bertz CT molecular complexity index is 884. The standard InChI is InChI=1S/C16H15BrN2O4S/c1-2-19(11-6-4-3-5-7-11)24(21,22)15-9-14-13(8-12(15)17)18-16(20)10-23-14/h3-9H,2,10H2,1H3,(H,18,20). The molecule has 0 spiro atoms. The van der Waals surface area contributed by atoms with Gasteiger partial charge in [-0.05, 0) is 41.1 Å². The molecule has 0 bridgehead atoms. The molecule has 0 fully saturated rings. The minimum atomic E-state index is -3.79. The number of nitrogens with zero attached hydrogens (tertiary/aromatic N) is 1. The van der Waals surface area contributed by atoms with E-state index in [0.717, 1.165) is 0 Å². The number of sulfonamides is 1. The molecule has 126 valence electrons. The van der Waals surface area contributed by atoms with Crippen molar-refractivity contribution in [3.63, 3.8) is 0 Å². The first-order valence-electron chi connectivity index (χ1n) is 7.27. The fourth-order valence-electron chi connectivity index (χ4n) is 2.48. The number of carbonyl (C=O) groups is 1. The van der Waals surface area contributed by atoms with Crippen LogP contribution in [0, 0.1) is 0 Å². The number of para-hydroxylation sites is 1. The molecule has 0 aromatic heterocycles. The molecule has 1 N–H and O–H groups in total. The van der Waals surface area contributed by atoms with E-state index < -0.39 is 10.0 Å². The molecule has 24 heavy (non-hydrogen) atoms. The van der Waals surface area contributed by atoms with E-state index in [1.54, 1.807) is 31.2 Å². The van der Waals surface area contributed by atoms with E-state index in [1.807, 2.05) is 6.07 Å². The van der Waals surface area contributed by atoms with Crippen molar-refractivity contribution in [2.45, 2.75) is 11.8 Å². The normalized spacial score (nSPS) is 13.7. The van der Waals surface area contributed by atoms with E-state index in [9.17, 15) is 13.2 Å². The molecule has 1 amide bonds. The molecule has 3 rings (SSSR count). The summed E-state index contributed by atoms with van der Waals surface area (Å²) >= 11 is 3.29. The number of hydrogen-bond acceptors (Lipinski definition) is 4. The summed E-state index contributed by atoms with van der Waals surface area (Å²) in [5, 5.41) is 2.65. The molecular weight excluding hydrogens is 396 g/mol. The summed E-state index contributed by atoms with van der Waals surface area (Å²) in [4.78, 5) is 11.5. The molecule has 2 aromatic rings. The number of amides is 1. The van der Waals surface area contributed by atoms with E-state index >= 15 is 0 Å². The predicted molar refractivity (Wildman–Crippen MR) is 94.9 cm³/mol. The maximum Gasteiger partial charge on any atom is 0.265 e. The van der Waals surface area contributed by atoms with Crippen LogP contribution in [0.4, 0.5) is 11.4 Å². The first kappa shape index (κ1) is 16.8. The molecule has 6 nitrogen and oxygen atoms in total. The van der Waals surface area contributed by atoms with Crippen LogP contribution in [-0.2, 0) is 14.8 Å². The van der Waals surface area contributed by atoms with Crippen LogP contribution in [0.2, 0.25) is 0 Å². The molecule has 0 radical (unpaired) electrons. The van der Waals surface area contributed by atoms with Crippen LogP contribution in [-0.4, -0.2) is 27.5 Å². The van der Waals surface area contributed by atoms with Crippen molar-refractivity contribution in [2.75, 3.05) is 22.8 Å². The molecule has 8 heteroatoms. The van der Waals surface area contributed by atoms with Crippen LogP contribution in [0.15, 0.2) is 51.8 Å². The second-order valence-electron chi connectivity index (χ2n) is 5.12. The number of hydrogen-bond donors (Lipinski definition) is 1. The Balaban J connectivity index is 2.08. The Kier molecular flexibility index (Phi) is 4.51. The van der Waals surface area contributed by atoms with Gasteiger partial charge in [0.2, 0.25) is 0 Å². The van der Waals surface area contributed by atoms with Crippen LogP contribution in [0.5, 0.6) is 5.75 Å². The van der Waals surface area contributed by atoms with Crippen molar-refractivity contribution in [3.8, 4) is 5.75 Å². The molecule has 2 aromatic carbocycles. The number of halogens is 1. The summed E-state index contributed by atoms with van der Waals surface area (Å²) < 4.78 is 33.2. The Morgan fingerprint density at radius 3 is 2.62 bits per heavy atom. The quantitative estimate of drug-likeness (QED) is 0.840. The first-order valence-corrected chi connectivity index (χ1v) is 9.50. The van der Waals surface area contributed by atoms with Gasteiger partial charge in [-0.25, -0.2) is 8.42 Å². The van der Waals surface area contributed by atoms with Crippen LogP contribution >= 0.6 is 15.9 Å². The fourth-order valence-corrected chi connectivity index (χ4v) is 4.98. The fraction of sp³-hybridized carbons (Fsp3) is 0.188. The third-order valence-electron chi connectivity index (χ3n) is 3.57. The number of fused-ring (bicyclic) bond motifs is 1. The lowest BCUT2D eigenvalue weighted by Crippen LogP contribution is -2.31. The van der Waals surface area contributed by atoms with Crippen molar-refractivity contribution in [3.05, 3.63) is 46.9 Å². The zero-order chi connectivity index (χ0) is 17.3. The maximum atomic E-state index is 13.1. The zero-order valence-electron chi connectivity index (χ0n) is 12.8. The Morgan fingerprint density at radius 1 is 1.25 bits per heavy atom. The number of anilines is 2. The molecule has 0 unspecified atom stereocenters. The van der Waals surface area contributed by atoms with Crippen molar-refractivity contribution in [1.29, 1.82) is 0 Å². The molecule has 0 aliphatic carbocycles. The minimum absolute atomic E-state index is 0.0862. The van der Waals surface area contributed by atoms with Crippen LogP contribution in [0.25, 0.3) is 0 Å². The van der Waals surface area contributed by atoms with Crippen LogP contribution in [0.1, 0.15) is 6.92 Å². The second-order valence-corrected chi connectivity index (χ2v) is 7.81. The van der Waals surface area contributed by atoms with Gasteiger partial charge in [0.15, 0.2) is 6.61 Å². The van der Waals surface area contributed by atoms with Gasteiger partial charge in [0.05, 0.1) is 11.4 Å². The van der Waals surface area contributed by atoms with Crippen LogP contribution < -0.4 is 14.4 Å². The van der Waals surface area contributed by atoms with Crippen molar-refractivity contribution < 1.29 is 17.9 Å². The van der Waals surface area contributed by atoms with Gasteiger partial charge in [-0.15, -0.1) is 0 Å². The van der Waals surface area contributed by atoms with Gasteiger partial charge >= 0.3 is 0 Å². The van der Waals surface area contributed by atoms with E-state index in [1.165, 1.54) is 16.4 Å². The molecule has 0 atom stereocenters. The number of rotatable bonds is 4. The van der Waals surface area contributed by atoms with E-state index in [-0.39, 0.29) is 24.0 Å². The minimum Gasteiger partial charge on any atom is -0.482 e. The summed E-state index contributed by atoms with van der Waals surface area (Å²) in [5.41, 5.74) is 1.03. The van der Waals surface area contributed by atoms with Gasteiger partial charge in [0.1, 0.15) is 10.6 Å². The van der Waals surface area contributed by atoms with Gasteiger partial charge in [0, 0.05) is 17.1 Å². The van der Waals surface area contributed by atoms with Crippen LogP contribution in [0.3, 0.4) is 0 Å². The monoisotopic (exact) mass is 410 g/mol. The topological polar surface area (TPSA) is 75.7 Å². The zero-order valence-corrected chi connectivity index (χ0v) is 15.2. The molecule has 0 saturated heterocycles. The predicted octanol–water partition coefficient (Wildman–Crippen LogP) is 3.00. The van der Waals surface area contributed by atoms with Gasteiger partial charge in [-0.1, -0.05) is 18.2 Å². The van der Waals surface area contributed by atoms with Crippen molar-refractivity contribution in [2.24, 2.45) is 0 Å². The molecular formula is C16H15BrN2O4S. The van der Waals surface area contributed by atoms with Gasteiger partial charge in [-0.2, -0.15) is 0 Å². The number of ether oxygens (including phenoxy) is 1. The third kappa shape index (κ3) is 2.99. The molecule has 1 heterocycles. The Hall–Kier alpha value is -2.06. The summed E-state index contributed by atoms with van der Waals surface area (Å²) in [5.74, 6) is 0.0602. The highest BCUT2D eigenvalue weighted by molar-refractivity contribution is 9.10. The lowest BCUT2D eigenvalue weighted by Gasteiger charge is -2.25. The van der Waals surface area contributed by atoms with Gasteiger partial charge in [0.25, 0.3) is 15.9 Å². The van der Waals surface area contributed by atoms with E-state index in [0.29, 0.717) is 21.6 Å². The number of benzene rings is 2. The Labute approximate surface area is 148 Å². The third-order valence-corrected chi connectivity index (χ3v) is 6.43. The molecule has 1 aliphatic rings. The highest BCUT2D eigenvalue weighted by Crippen LogP contribution is 2.37. The highest BCUT2D eigenvalue weighted by atomic mass is 79.9.